The van der Waals surface area contributed by atoms with Crippen LogP contribution in [0.4, 0.5) is 0 Å². The number of nitrogens with one attached hydrogen (secondary N) is 1. The molecule has 1 amide bonds. The van der Waals surface area contributed by atoms with Gasteiger partial charge in [-0.25, -0.2) is 10.2 Å². The van der Waals surface area contributed by atoms with Crippen molar-refractivity contribution in [3.8, 4) is 11.5 Å². The minimum Gasteiger partial charge on any atom is -0.484 e. The van der Waals surface area contributed by atoms with Gasteiger partial charge in [-0.2, -0.15) is 5.10 Å². The van der Waals surface area contributed by atoms with Crippen LogP contribution in [0.1, 0.15) is 15.9 Å². The second-order valence-electron chi connectivity index (χ2n) is 5.98. The number of halogens is 2. The van der Waals surface area contributed by atoms with Crippen LogP contribution in [-0.2, 0) is 4.79 Å². The fourth-order valence-electron chi connectivity index (χ4n) is 2.33. The summed E-state index contributed by atoms with van der Waals surface area (Å²) in [6.45, 7) is -0.200. The molecule has 30 heavy (non-hydrogen) atoms. The topological polar surface area (TPSA) is 77.0 Å². The van der Waals surface area contributed by atoms with E-state index in [9.17, 15) is 9.59 Å². The average Bonchev–Trinajstić information content (AvgIpc) is 2.74. The van der Waals surface area contributed by atoms with Crippen molar-refractivity contribution in [2.24, 2.45) is 5.10 Å². The molecule has 0 aliphatic carbocycles. The van der Waals surface area contributed by atoms with E-state index in [0.717, 1.165) is 0 Å². The molecule has 0 saturated heterocycles. The maximum atomic E-state index is 12.1. The van der Waals surface area contributed by atoms with Crippen molar-refractivity contribution in [1.29, 1.82) is 0 Å². The largest absolute Gasteiger partial charge is 0.484 e. The van der Waals surface area contributed by atoms with Gasteiger partial charge in [0.2, 0.25) is 0 Å². The van der Waals surface area contributed by atoms with Crippen LogP contribution in [0.2, 0.25) is 10.0 Å². The Labute approximate surface area is 183 Å². The average molecular weight is 443 g/mol. The molecule has 0 radical (unpaired) electrons. The summed E-state index contributed by atoms with van der Waals surface area (Å²) in [5.41, 5.74) is 3.35. The van der Waals surface area contributed by atoms with E-state index in [2.05, 4.69) is 10.5 Å². The third-order valence-corrected chi connectivity index (χ3v) is 4.32. The molecule has 8 heteroatoms. The Morgan fingerprint density at radius 1 is 0.933 bits per heavy atom. The van der Waals surface area contributed by atoms with Crippen LogP contribution >= 0.6 is 23.2 Å². The molecule has 0 bridgehead atoms. The Morgan fingerprint density at radius 2 is 1.70 bits per heavy atom. The quantitative estimate of drug-likeness (QED) is 0.248. The first-order valence-electron chi connectivity index (χ1n) is 8.78. The van der Waals surface area contributed by atoms with Gasteiger partial charge in [0.05, 0.1) is 16.8 Å². The minimum absolute atomic E-state index is 0.200. The predicted octanol–water partition coefficient (Wildman–Crippen LogP) is 4.74. The summed E-state index contributed by atoms with van der Waals surface area (Å²) in [5.74, 6) is -0.120. The monoisotopic (exact) mass is 442 g/mol. The molecular formula is C22H16Cl2N2O4. The summed E-state index contributed by atoms with van der Waals surface area (Å²) < 4.78 is 10.6. The lowest BCUT2D eigenvalue weighted by molar-refractivity contribution is -0.123. The molecule has 0 fully saturated rings. The number of rotatable bonds is 7. The SMILES string of the molecule is O=C(COc1cccc(Cl)c1)N/N=C\c1ccc(OC(=O)c2ccccc2Cl)cc1. The normalized spacial score (nSPS) is 10.6. The molecule has 1 N–H and O–H groups in total. The number of hydrogen-bond donors (Lipinski definition) is 1. The van der Waals surface area contributed by atoms with E-state index < -0.39 is 11.9 Å². The Morgan fingerprint density at radius 3 is 2.43 bits per heavy atom. The van der Waals surface area contributed by atoms with Gasteiger partial charge in [-0.15, -0.1) is 0 Å². The maximum absolute atomic E-state index is 12.1. The van der Waals surface area contributed by atoms with Crippen molar-refractivity contribution in [2.75, 3.05) is 6.61 Å². The first kappa shape index (κ1) is 21.4. The molecule has 0 aliphatic rings. The van der Waals surface area contributed by atoms with E-state index in [-0.39, 0.29) is 12.2 Å². The van der Waals surface area contributed by atoms with E-state index in [1.165, 1.54) is 6.21 Å². The highest BCUT2D eigenvalue weighted by Crippen LogP contribution is 2.19. The minimum atomic E-state index is -0.547. The molecule has 0 unspecified atom stereocenters. The summed E-state index contributed by atoms with van der Waals surface area (Å²) in [7, 11) is 0. The van der Waals surface area contributed by atoms with Crippen LogP contribution in [0.3, 0.4) is 0 Å². The highest BCUT2D eigenvalue weighted by atomic mass is 35.5. The molecule has 0 aliphatic heterocycles. The first-order valence-corrected chi connectivity index (χ1v) is 9.54. The third kappa shape index (κ3) is 6.34. The fraction of sp³-hybridized carbons (Fsp3) is 0.0455. The van der Waals surface area contributed by atoms with Gasteiger partial charge in [-0.3, -0.25) is 4.79 Å². The van der Waals surface area contributed by atoms with E-state index in [4.69, 9.17) is 32.7 Å². The van der Waals surface area contributed by atoms with Gasteiger partial charge in [0.15, 0.2) is 6.61 Å². The van der Waals surface area contributed by atoms with Crippen LogP contribution in [0.5, 0.6) is 11.5 Å². The lowest BCUT2D eigenvalue weighted by atomic mass is 10.2. The number of hydrogen-bond acceptors (Lipinski definition) is 5. The van der Waals surface area contributed by atoms with Crippen molar-refractivity contribution in [3.05, 3.63) is 94.0 Å². The summed E-state index contributed by atoms with van der Waals surface area (Å²) in [4.78, 5) is 23.9. The summed E-state index contributed by atoms with van der Waals surface area (Å²) >= 11 is 11.8. The molecule has 0 saturated carbocycles. The standard InChI is InChI=1S/C22H16Cl2N2O4/c23-16-4-3-5-18(12-16)29-14-21(27)26-25-13-15-8-10-17(11-9-15)30-22(28)19-6-1-2-7-20(19)24/h1-13H,14H2,(H,26,27)/b25-13-. The molecule has 0 heterocycles. The second-order valence-corrected chi connectivity index (χ2v) is 6.82. The van der Waals surface area contributed by atoms with Crippen LogP contribution in [-0.4, -0.2) is 24.7 Å². The smallest absolute Gasteiger partial charge is 0.345 e. The van der Waals surface area contributed by atoms with E-state index in [1.807, 2.05) is 0 Å². The summed E-state index contributed by atoms with van der Waals surface area (Å²) in [6.07, 6.45) is 1.46. The zero-order valence-corrected chi connectivity index (χ0v) is 17.1. The number of benzene rings is 3. The molecule has 3 aromatic carbocycles. The van der Waals surface area contributed by atoms with Gasteiger partial charge < -0.3 is 9.47 Å². The zero-order chi connectivity index (χ0) is 21.3. The number of hydrazone groups is 1. The van der Waals surface area contributed by atoms with Crippen molar-refractivity contribution < 1.29 is 19.1 Å². The van der Waals surface area contributed by atoms with Crippen LogP contribution in [0, 0.1) is 0 Å². The van der Waals surface area contributed by atoms with Crippen molar-refractivity contribution in [3.63, 3.8) is 0 Å². The predicted molar refractivity (Wildman–Crippen MR) is 116 cm³/mol. The maximum Gasteiger partial charge on any atom is 0.345 e. The second kappa shape index (κ2) is 10.4. The number of amides is 1. The number of nitrogens with zero attached hydrogens (tertiary/aromatic N) is 1. The Bertz CT molecular complexity index is 1070. The van der Waals surface area contributed by atoms with Crippen LogP contribution < -0.4 is 14.9 Å². The number of carbonyl (C=O) groups is 2. The molecule has 0 aromatic heterocycles. The molecule has 3 rings (SSSR count). The first-order chi connectivity index (χ1) is 14.5. The highest BCUT2D eigenvalue weighted by Gasteiger charge is 2.11. The van der Waals surface area contributed by atoms with E-state index >= 15 is 0 Å². The lowest BCUT2D eigenvalue weighted by Gasteiger charge is -2.06. The number of esters is 1. The Balaban J connectivity index is 1.48. The molecule has 6 nitrogen and oxygen atoms in total. The summed E-state index contributed by atoms with van der Waals surface area (Å²) in [6, 6.07) is 20.0. The lowest BCUT2D eigenvalue weighted by Crippen LogP contribution is -2.24. The highest BCUT2D eigenvalue weighted by molar-refractivity contribution is 6.33. The van der Waals surface area contributed by atoms with Crippen molar-refractivity contribution in [1.82, 2.24) is 5.43 Å². The van der Waals surface area contributed by atoms with Gasteiger partial charge in [0.25, 0.3) is 5.91 Å². The molecule has 3 aromatic rings. The van der Waals surface area contributed by atoms with Gasteiger partial charge in [0.1, 0.15) is 11.5 Å². The molecule has 0 atom stereocenters. The molecule has 152 valence electrons. The van der Waals surface area contributed by atoms with Gasteiger partial charge in [-0.05, 0) is 60.2 Å². The van der Waals surface area contributed by atoms with Crippen LogP contribution in [0.25, 0.3) is 0 Å². The van der Waals surface area contributed by atoms with Crippen LogP contribution in [0.15, 0.2) is 77.9 Å². The molecule has 0 spiro atoms. The zero-order valence-electron chi connectivity index (χ0n) is 15.5. The van der Waals surface area contributed by atoms with Gasteiger partial charge in [-0.1, -0.05) is 41.4 Å². The van der Waals surface area contributed by atoms with E-state index in [0.29, 0.717) is 27.1 Å². The summed E-state index contributed by atoms with van der Waals surface area (Å²) in [5, 5.41) is 4.71. The third-order valence-electron chi connectivity index (χ3n) is 3.75. The van der Waals surface area contributed by atoms with Gasteiger partial charge in [0, 0.05) is 5.02 Å². The Hall–Kier alpha value is -3.35. The van der Waals surface area contributed by atoms with Gasteiger partial charge >= 0.3 is 5.97 Å². The van der Waals surface area contributed by atoms with Crippen molar-refractivity contribution in [2.45, 2.75) is 0 Å². The number of ether oxygens (including phenoxy) is 2. The molecular weight excluding hydrogens is 427 g/mol. The Kier molecular flexibility index (Phi) is 7.43. The fourth-order valence-corrected chi connectivity index (χ4v) is 2.72. The van der Waals surface area contributed by atoms with E-state index in [1.54, 1.807) is 72.8 Å². The number of carbonyl (C=O) groups excluding carboxylic acids is 2. The van der Waals surface area contributed by atoms with Crippen molar-refractivity contribution >= 4 is 41.3 Å².